The number of methoxy groups -OCH3 is 2. The lowest BCUT2D eigenvalue weighted by molar-refractivity contribution is -0.147. The Balaban J connectivity index is 1.71. The summed E-state index contributed by atoms with van der Waals surface area (Å²) in [4.78, 5) is 24.7. The minimum Gasteiger partial charge on any atom is -0.497 e. The van der Waals surface area contributed by atoms with Crippen LogP contribution in [0.1, 0.15) is 35.3 Å². The van der Waals surface area contributed by atoms with Crippen molar-refractivity contribution in [2.24, 2.45) is 0 Å². The molecule has 32 heavy (non-hydrogen) atoms. The number of hydrogen-bond acceptors (Lipinski definition) is 6. The van der Waals surface area contributed by atoms with E-state index in [-0.39, 0.29) is 11.5 Å². The van der Waals surface area contributed by atoms with E-state index in [0.717, 1.165) is 28.8 Å². The smallest absolute Gasteiger partial charge is 0.346 e. The predicted molar refractivity (Wildman–Crippen MR) is 120 cm³/mol. The van der Waals surface area contributed by atoms with Gasteiger partial charge in [0.15, 0.2) is 11.9 Å². The molecule has 0 amide bonds. The van der Waals surface area contributed by atoms with Crippen molar-refractivity contribution in [3.05, 3.63) is 59.0 Å². The van der Waals surface area contributed by atoms with E-state index in [2.05, 4.69) is 11.5 Å². The number of aromatic nitrogens is 1. The zero-order chi connectivity index (χ0) is 23.0. The Bertz CT molecular complexity index is 1250. The number of ether oxygens (including phenoxy) is 4. The Morgan fingerprint density at radius 3 is 2.69 bits per heavy atom. The minimum absolute atomic E-state index is 0.198. The summed E-state index contributed by atoms with van der Waals surface area (Å²) >= 11 is 0. The fourth-order valence-corrected chi connectivity index (χ4v) is 3.85. The number of ketones is 1. The van der Waals surface area contributed by atoms with Crippen LogP contribution in [0.25, 0.3) is 17.0 Å². The molecule has 0 aliphatic carbocycles. The van der Waals surface area contributed by atoms with Gasteiger partial charge in [0.2, 0.25) is 5.78 Å². The van der Waals surface area contributed by atoms with Gasteiger partial charge < -0.3 is 23.5 Å². The van der Waals surface area contributed by atoms with Crippen LogP contribution in [0.3, 0.4) is 0 Å². The maximum Gasteiger partial charge on any atom is 0.346 e. The van der Waals surface area contributed by atoms with Gasteiger partial charge in [-0.25, -0.2) is 4.79 Å². The monoisotopic (exact) mass is 435 g/mol. The number of hydrogen-bond donors (Lipinski definition) is 0. The second-order valence-corrected chi connectivity index (χ2v) is 7.54. The van der Waals surface area contributed by atoms with Gasteiger partial charge >= 0.3 is 5.97 Å². The summed E-state index contributed by atoms with van der Waals surface area (Å²) in [5.74, 6) is 1.20. The molecule has 1 unspecified atom stereocenters. The van der Waals surface area contributed by atoms with Gasteiger partial charge in [0.05, 0.1) is 19.8 Å². The van der Waals surface area contributed by atoms with Crippen molar-refractivity contribution in [1.29, 1.82) is 0 Å². The first-order chi connectivity index (χ1) is 15.4. The highest BCUT2D eigenvalue weighted by atomic mass is 16.6. The maximum absolute atomic E-state index is 13.0. The zero-order valence-electron chi connectivity index (χ0n) is 18.7. The molecule has 3 aromatic rings. The van der Waals surface area contributed by atoms with E-state index in [1.807, 2.05) is 24.4 Å². The third kappa shape index (κ3) is 3.60. The lowest BCUT2D eigenvalue weighted by atomic mass is 10.1. The Hall–Kier alpha value is -3.74. The van der Waals surface area contributed by atoms with E-state index in [1.165, 1.54) is 7.11 Å². The van der Waals surface area contributed by atoms with Crippen LogP contribution >= 0.6 is 0 Å². The van der Waals surface area contributed by atoms with Crippen LogP contribution in [0.15, 0.2) is 42.3 Å². The van der Waals surface area contributed by atoms with Crippen molar-refractivity contribution in [2.75, 3.05) is 14.2 Å². The van der Waals surface area contributed by atoms with Gasteiger partial charge in [-0.1, -0.05) is 0 Å². The predicted octanol–water partition coefficient (Wildman–Crippen LogP) is 4.53. The molecule has 1 aromatic heterocycles. The van der Waals surface area contributed by atoms with Crippen molar-refractivity contribution >= 4 is 28.7 Å². The van der Waals surface area contributed by atoms with E-state index in [4.69, 9.17) is 18.9 Å². The molecule has 7 heteroatoms. The zero-order valence-corrected chi connectivity index (χ0v) is 18.7. The molecule has 2 heterocycles. The molecule has 0 radical (unpaired) electrons. The molecule has 7 nitrogen and oxygen atoms in total. The molecule has 0 saturated carbocycles. The van der Waals surface area contributed by atoms with E-state index in [9.17, 15) is 9.59 Å². The van der Waals surface area contributed by atoms with Crippen LogP contribution in [0.2, 0.25) is 0 Å². The van der Waals surface area contributed by atoms with Crippen molar-refractivity contribution in [3.8, 4) is 17.2 Å². The summed E-state index contributed by atoms with van der Waals surface area (Å²) in [5, 5.41) is 0.971. The van der Waals surface area contributed by atoms with Crippen LogP contribution in [0.4, 0.5) is 0 Å². The van der Waals surface area contributed by atoms with Crippen molar-refractivity contribution in [1.82, 2.24) is 4.57 Å². The fraction of sp³-hybridized carbons (Fsp3) is 0.280. The molecule has 0 bridgehead atoms. The van der Waals surface area contributed by atoms with Crippen LogP contribution in [-0.2, 0) is 16.1 Å². The summed E-state index contributed by atoms with van der Waals surface area (Å²) in [6.45, 7) is 6.25. The number of benzene rings is 2. The van der Waals surface area contributed by atoms with Gasteiger partial charge in [-0.3, -0.25) is 4.79 Å². The number of aryl methyl sites for hydroxylation is 1. The Kier molecular flexibility index (Phi) is 5.65. The second kappa shape index (κ2) is 8.42. The quantitative estimate of drug-likeness (QED) is 0.418. The number of Topliss-reactive ketones (excluding diaryl/α,β-unsaturated/α-hetero) is 1. The normalized spacial score (nSPS) is 14.9. The first-order valence-corrected chi connectivity index (χ1v) is 10.4. The standard InChI is InChI=1S/C25H25NO6/c1-6-26-13-16(19-12-17(29-4)7-9-20(19)26)11-22-23(27)18-8-10-21(14(2)24(18)32-22)31-15(3)25(28)30-5/h7-13,15H,6H2,1-5H3/b22-11-. The Labute approximate surface area is 186 Å². The highest BCUT2D eigenvalue weighted by Crippen LogP contribution is 2.40. The SMILES string of the molecule is CCn1cc(/C=C2\Oc3c(ccc(OC(C)C(=O)OC)c3C)C2=O)c2cc(OC)ccc21. The first kappa shape index (κ1) is 21.5. The largest absolute Gasteiger partial charge is 0.497 e. The number of esters is 1. The van der Waals surface area contributed by atoms with E-state index >= 15 is 0 Å². The summed E-state index contributed by atoms with van der Waals surface area (Å²) < 4.78 is 23.9. The van der Waals surface area contributed by atoms with Gasteiger partial charge in [-0.05, 0) is 57.2 Å². The average molecular weight is 435 g/mol. The summed E-state index contributed by atoms with van der Waals surface area (Å²) in [6.07, 6.45) is 2.97. The third-order valence-electron chi connectivity index (χ3n) is 5.62. The summed E-state index contributed by atoms with van der Waals surface area (Å²) in [6, 6.07) is 9.20. The number of carbonyl (C=O) groups is 2. The van der Waals surface area contributed by atoms with Gasteiger partial charge in [0.1, 0.15) is 17.2 Å². The molecule has 2 aromatic carbocycles. The van der Waals surface area contributed by atoms with Crippen molar-refractivity contribution < 1.29 is 28.5 Å². The topological polar surface area (TPSA) is 76.0 Å². The summed E-state index contributed by atoms with van der Waals surface area (Å²) in [5.41, 5.74) is 3.02. The maximum atomic E-state index is 13.0. The number of fused-ring (bicyclic) bond motifs is 2. The molecule has 4 rings (SSSR count). The van der Waals surface area contributed by atoms with Gasteiger partial charge in [0, 0.05) is 34.8 Å². The number of carbonyl (C=O) groups excluding carboxylic acids is 2. The van der Waals surface area contributed by atoms with E-state index in [0.29, 0.717) is 22.6 Å². The lowest BCUT2D eigenvalue weighted by Gasteiger charge is -2.15. The molecule has 1 atom stereocenters. The van der Waals surface area contributed by atoms with Gasteiger partial charge in [-0.2, -0.15) is 0 Å². The lowest BCUT2D eigenvalue weighted by Crippen LogP contribution is -2.25. The molecule has 0 N–H and O–H groups in total. The first-order valence-electron chi connectivity index (χ1n) is 10.4. The van der Waals surface area contributed by atoms with Crippen LogP contribution in [0, 0.1) is 6.92 Å². The fourth-order valence-electron chi connectivity index (χ4n) is 3.85. The number of nitrogens with zero attached hydrogens (tertiary/aromatic N) is 1. The third-order valence-corrected chi connectivity index (χ3v) is 5.62. The van der Waals surface area contributed by atoms with Gasteiger partial charge in [0.25, 0.3) is 0 Å². The molecular formula is C25H25NO6. The molecule has 166 valence electrons. The molecule has 0 fully saturated rings. The number of rotatable bonds is 6. The van der Waals surface area contributed by atoms with E-state index < -0.39 is 12.1 Å². The van der Waals surface area contributed by atoms with Crippen molar-refractivity contribution in [3.63, 3.8) is 0 Å². The van der Waals surface area contributed by atoms with Crippen LogP contribution in [-0.4, -0.2) is 36.6 Å². The highest BCUT2D eigenvalue weighted by molar-refractivity contribution is 6.15. The average Bonchev–Trinajstić information content (AvgIpc) is 3.32. The molecule has 0 saturated heterocycles. The summed E-state index contributed by atoms with van der Waals surface area (Å²) in [7, 11) is 2.93. The van der Waals surface area contributed by atoms with E-state index in [1.54, 1.807) is 39.2 Å². The van der Waals surface area contributed by atoms with Gasteiger partial charge in [-0.15, -0.1) is 0 Å². The highest BCUT2D eigenvalue weighted by Gasteiger charge is 2.31. The Morgan fingerprint density at radius 1 is 1.22 bits per heavy atom. The van der Waals surface area contributed by atoms with Crippen LogP contribution < -0.4 is 14.2 Å². The molecular weight excluding hydrogens is 410 g/mol. The minimum atomic E-state index is -0.779. The number of allylic oxidation sites excluding steroid dienone is 1. The molecule has 1 aliphatic heterocycles. The second-order valence-electron chi connectivity index (χ2n) is 7.54. The molecule has 1 aliphatic rings. The van der Waals surface area contributed by atoms with Crippen molar-refractivity contribution in [2.45, 2.75) is 33.4 Å². The van der Waals surface area contributed by atoms with Crippen LogP contribution in [0.5, 0.6) is 17.2 Å². The molecule has 0 spiro atoms. The Morgan fingerprint density at radius 2 is 2.00 bits per heavy atom.